The summed E-state index contributed by atoms with van der Waals surface area (Å²) in [5.74, 6) is -0.109. The zero-order valence-electron chi connectivity index (χ0n) is 13.2. The van der Waals surface area contributed by atoms with Gasteiger partial charge in [-0.25, -0.2) is 4.39 Å². The van der Waals surface area contributed by atoms with Gasteiger partial charge in [-0.05, 0) is 70.4 Å². The van der Waals surface area contributed by atoms with Gasteiger partial charge in [-0.1, -0.05) is 19.1 Å². The summed E-state index contributed by atoms with van der Waals surface area (Å²) >= 11 is 0. The molecule has 1 heterocycles. The highest BCUT2D eigenvalue weighted by molar-refractivity contribution is 5.28. The fourth-order valence-corrected chi connectivity index (χ4v) is 3.46. The van der Waals surface area contributed by atoms with Crippen molar-refractivity contribution in [3.63, 3.8) is 0 Å². The lowest BCUT2D eigenvalue weighted by Crippen LogP contribution is -2.52. The molecule has 112 valence electrons. The number of benzene rings is 1. The lowest BCUT2D eigenvalue weighted by molar-refractivity contribution is 0.0872. The van der Waals surface area contributed by atoms with Gasteiger partial charge in [0.2, 0.25) is 0 Å². The van der Waals surface area contributed by atoms with Crippen molar-refractivity contribution >= 4 is 0 Å². The van der Waals surface area contributed by atoms with Crippen LogP contribution in [0.3, 0.4) is 0 Å². The van der Waals surface area contributed by atoms with Gasteiger partial charge in [-0.15, -0.1) is 0 Å². The Hall–Kier alpha value is -0.930. The van der Waals surface area contributed by atoms with Gasteiger partial charge >= 0.3 is 0 Å². The van der Waals surface area contributed by atoms with Crippen LogP contribution in [0.1, 0.15) is 50.3 Å². The highest BCUT2D eigenvalue weighted by atomic mass is 19.1. The lowest BCUT2D eigenvalue weighted by atomic mass is 9.83. The van der Waals surface area contributed by atoms with E-state index < -0.39 is 0 Å². The number of rotatable bonds is 5. The van der Waals surface area contributed by atoms with E-state index in [2.05, 4.69) is 30.1 Å². The van der Waals surface area contributed by atoms with Gasteiger partial charge in [0.05, 0.1) is 6.04 Å². The molecule has 0 amide bonds. The van der Waals surface area contributed by atoms with E-state index in [0.717, 1.165) is 25.1 Å². The molecule has 2 atom stereocenters. The van der Waals surface area contributed by atoms with E-state index in [4.69, 9.17) is 0 Å². The van der Waals surface area contributed by atoms with Crippen LogP contribution in [0, 0.1) is 12.7 Å². The number of hydrogen-bond acceptors (Lipinski definition) is 2. The van der Waals surface area contributed by atoms with Crippen LogP contribution in [-0.4, -0.2) is 30.6 Å². The second-order valence-electron chi connectivity index (χ2n) is 6.14. The largest absolute Gasteiger partial charge is 0.311 e. The average molecular weight is 278 g/mol. The molecule has 0 saturated carbocycles. The minimum atomic E-state index is -0.109. The van der Waals surface area contributed by atoms with Crippen molar-refractivity contribution in [3.8, 4) is 0 Å². The van der Waals surface area contributed by atoms with E-state index in [-0.39, 0.29) is 17.4 Å². The highest BCUT2D eigenvalue weighted by Gasteiger charge is 2.39. The first-order valence-corrected chi connectivity index (χ1v) is 7.71. The standard InChI is InChI=1S/C17H27FN2/c1-5-17(3,20-10-6-7-11-20)16(19-4)14-9-8-13(2)15(18)12-14/h8-9,12,16,19H,5-7,10-11H2,1-4H3. The molecule has 1 saturated heterocycles. The molecule has 1 aromatic carbocycles. The number of likely N-dealkylation sites (N-methyl/N-ethyl adjacent to an activating group) is 1. The van der Waals surface area contributed by atoms with E-state index in [1.54, 1.807) is 6.07 Å². The smallest absolute Gasteiger partial charge is 0.126 e. The maximum absolute atomic E-state index is 13.9. The van der Waals surface area contributed by atoms with Crippen molar-refractivity contribution in [1.82, 2.24) is 10.2 Å². The molecule has 1 aliphatic heterocycles. The Bertz CT molecular complexity index is 454. The van der Waals surface area contributed by atoms with Gasteiger partial charge in [-0.3, -0.25) is 4.90 Å². The van der Waals surface area contributed by atoms with Crippen LogP contribution in [0.2, 0.25) is 0 Å². The van der Waals surface area contributed by atoms with E-state index in [9.17, 15) is 4.39 Å². The van der Waals surface area contributed by atoms with Crippen LogP contribution in [0.5, 0.6) is 0 Å². The lowest BCUT2D eigenvalue weighted by Gasteiger charge is -2.44. The monoisotopic (exact) mass is 278 g/mol. The Morgan fingerprint density at radius 1 is 1.35 bits per heavy atom. The van der Waals surface area contributed by atoms with Gasteiger partial charge in [0, 0.05) is 5.54 Å². The van der Waals surface area contributed by atoms with Gasteiger partial charge in [0.1, 0.15) is 5.82 Å². The molecule has 2 rings (SSSR count). The summed E-state index contributed by atoms with van der Waals surface area (Å²) in [5.41, 5.74) is 1.79. The summed E-state index contributed by atoms with van der Waals surface area (Å²) in [6.45, 7) is 8.64. The Morgan fingerprint density at radius 2 is 2.00 bits per heavy atom. The first-order chi connectivity index (χ1) is 9.52. The second kappa shape index (κ2) is 6.23. The number of nitrogens with zero attached hydrogens (tertiary/aromatic N) is 1. The second-order valence-corrected chi connectivity index (χ2v) is 6.14. The van der Waals surface area contributed by atoms with E-state index in [1.807, 2.05) is 20.0 Å². The summed E-state index contributed by atoms with van der Waals surface area (Å²) in [6.07, 6.45) is 3.59. The number of likely N-dealkylation sites (tertiary alicyclic amines) is 1. The molecule has 0 radical (unpaired) electrons. The van der Waals surface area contributed by atoms with Crippen LogP contribution < -0.4 is 5.32 Å². The third-order valence-electron chi connectivity index (χ3n) is 4.98. The Balaban J connectivity index is 2.35. The molecular formula is C17H27FN2. The third-order valence-corrected chi connectivity index (χ3v) is 4.98. The fraction of sp³-hybridized carbons (Fsp3) is 0.647. The highest BCUT2D eigenvalue weighted by Crippen LogP contribution is 2.36. The SMILES string of the molecule is CCC(C)(C(NC)c1ccc(C)c(F)c1)N1CCCC1. The zero-order chi connectivity index (χ0) is 14.8. The van der Waals surface area contributed by atoms with Crippen LogP contribution in [-0.2, 0) is 0 Å². The Labute approximate surface area is 122 Å². The molecule has 2 nitrogen and oxygen atoms in total. The topological polar surface area (TPSA) is 15.3 Å². The average Bonchev–Trinajstić information content (AvgIpc) is 2.98. The quantitative estimate of drug-likeness (QED) is 0.884. The van der Waals surface area contributed by atoms with E-state index in [1.165, 1.54) is 12.8 Å². The molecule has 0 spiro atoms. The van der Waals surface area contributed by atoms with Crippen LogP contribution >= 0.6 is 0 Å². The maximum Gasteiger partial charge on any atom is 0.126 e. The Morgan fingerprint density at radius 3 is 2.50 bits per heavy atom. The minimum absolute atomic E-state index is 0.0347. The van der Waals surface area contributed by atoms with Crippen molar-refractivity contribution in [1.29, 1.82) is 0 Å². The van der Waals surface area contributed by atoms with Crippen LogP contribution in [0.4, 0.5) is 4.39 Å². The first kappa shape index (κ1) is 15.5. The molecule has 2 unspecified atom stereocenters. The fourth-order valence-electron chi connectivity index (χ4n) is 3.46. The molecule has 1 aliphatic rings. The maximum atomic E-state index is 13.9. The summed E-state index contributed by atoms with van der Waals surface area (Å²) in [7, 11) is 1.98. The van der Waals surface area contributed by atoms with Crippen LogP contribution in [0.25, 0.3) is 0 Å². The van der Waals surface area contributed by atoms with Crippen molar-refractivity contribution in [2.75, 3.05) is 20.1 Å². The molecule has 1 fully saturated rings. The summed E-state index contributed by atoms with van der Waals surface area (Å²) in [6, 6.07) is 5.79. The molecule has 0 aromatic heterocycles. The van der Waals surface area contributed by atoms with Gasteiger partial charge in [0.25, 0.3) is 0 Å². The molecule has 1 N–H and O–H groups in total. The van der Waals surface area contributed by atoms with Crippen molar-refractivity contribution in [2.24, 2.45) is 0 Å². The summed E-state index contributed by atoms with van der Waals surface area (Å²) < 4.78 is 13.9. The van der Waals surface area contributed by atoms with Crippen molar-refractivity contribution in [2.45, 2.75) is 51.6 Å². The number of aryl methyl sites for hydroxylation is 1. The Kier molecular flexibility index (Phi) is 4.82. The molecule has 3 heteroatoms. The summed E-state index contributed by atoms with van der Waals surface area (Å²) in [4.78, 5) is 2.56. The minimum Gasteiger partial charge on any atom is -0.311 e. The normalized spacial score (nSPS) is 20.9. The van der Waals surface area contributed by atoms with E-state index in [0.29, 0.717) is 5.56 Å². The molecule has 1 aromatic rings. The molecule has 0 bridgehead atoms. The third kappa shape index (κ3) is 2.75. The molecule has 0 aliphatic carbocycles. The molecular weight excluding hydrogens is 251 g/mol. The van der Waals surface area contributed by atoms with Gasteiger partial charge < -0.3 is 5.32 Å². The van der Waals surface area contributed by atoms with Crippen LogP contribution in [0.15, 0.2) is 18.2 Å². The van der Waals surface area contributed by atoms with Gasteiger partial charge in [0.15, 0.2) is 0 Å². The van der Waals surface area contributed by atoms with Crippen molar-refractivity contribution < 1.29 is 4.39 Å². The predicted octanol–water partition coefficient (Wildman–Crippen LogP) is 3.66. The van der Waals surface area contributed by atoms with Crippen molar-refractivity contribution in [3.05, 3.63) is 35.1 Å². The summed E-state index contributed by atoms with van der Waals surface area (Å²) in [5, 5.41) is 3.43. The van der Waals surface area contributed by atoms with Gasteiger partial charge in [-0.2, -0.15) is 0 Å². The predicted molar refractivity (Wildman–Crippen MR) is 82.4 cm³/mol. The number of halogens is 1. The number of nitrogens with one attached hydrogen (secondary N) is 1. The first-order valence-electron chi connectivity index (χ1n) is 7.71. The van der Waals surface area contributed by atoms with E-state index >= 15 is 0 Å². The zero-order valence-corrected chi connectivity index (χ0v) is 13.2. The number of hydrogen-bond donors (Lipinski definition) is 1. The molecule has 20 heavy (non-hydrogen) atoms.